The molecule has 3 rings (SSSR count). The Morgan fingerprint density at radius 2 is 1.48 bits per heavy atom. The topological polar surface area (TPSA) is 75.3 Å². The number of sulfonamides is 1. The molecule has 0 saturated carbocycles. The van der Waals surface area contributed by atoms with Gasteiger partial charge in [0.25, 0.3) is 10.0 Å². The van der Waals surface area contributed by atoms with Crippen LogP contribution in [0.25, 0.3) is 0 Å². The Morgan fingerprint density at radius 3 is 2.15 bits per heavy atom. The van der Waals surface area contributed by atoms with Crippen molar-refractivity contribution >= 4 is 39.1 Å². The number of amides is 1. The van der Waals surface area contributed by atoms with Crippen molar-refractivity contribution in [2.24, 2.45) is 0 Å². The van der Waals surface area contributed by atoms with Gasteiger partial charge >= 0.3 is 0 Å². The Bertz CT molecular complexity index is 1030. The van der Waals surface area contributed by atoms with Crippen LogP contribution in [-0.4, -0.2) is 14.3 Å². The number of rotatable bonds is 6. The molecular formula is C20H18N2O3S2. The molecule has 1 amide bonds. The zero-order valence-electron chi connectivity index (χ0n) is 14.5. The number of nitrogens with one attached hydrogen (secondary N) is 2. The fraction of sp³-hybridized carbons (Fsp3) is 0.0500. The Morgan fingerprint density at radius 1 is 0.852 bits per heavy atom. The minimum atomic E-state index is -3.75. The lowest BCUT2D eigenvalue weighted by atomic mass is 10.3. The molecule has 0 saturated heterocycles. The van der Waals surface area contributed by atoms with E-state index in [9.17, 15) is 13.2 Å². The predicted molar refractivity (Wildman–Crippen MR) is 109 cm³/mol. The van der Waals surface area contributed by atoms with Crippen LogP contribution in [0.1, 0.15) is 6.92 Å². The quantitative estimate of drug-likeness (QED) is 0.636. The van der Waals surface area contributed by atoms with E-state index in [2.05, 4.69) is 10.0 Å². The van der Waals surface area contributed by atoms with E-state index in [1.165, 1.54) is 30.8 Å². The van der Waals surface area contributed by atoms with E-state index in [4.69, 9.17) is 0 Å². The number of carbonyl (C=O) groups excluding carboxylic acids is 1. The second kappa shape index (κ2) is 8.28. The van der Waals surface area contributed by atoms with E-state index in [1.54, 1.807) is 24.3 Å². The Hall–Kier alpha value is -2.77. The molecule has 27 heavy (non-hydrogen) atoms. The van der Waals surface area contributed by atoms with Crippen molar-refractivity contribution in [2.75, 3.05) is 10.0 Å². The van der Waals surface area contributed by atoms with Gasteiger partial charge < -0.3 is 5.32 Å². The van der Waals surface area contributed by atoms with Crippen LogP contribution >= 0.6 is 11.8 Å². The monoisotopic (exact) mass is 398 g/mol. The summed E-state index contributed by atoms with van der Waals surface area (Å²) in [5, 5.41) is 2.61. The molecule has 7 heteroatoms. The molecule has 0 bridgehead atoms. The highest BCUT2D eigenvalue weighted by atomic mass is 32.2. The van der Waals surface area contributed by atoms with Crippen molar-refractivity contribution in [3.63, 3.8) is 0 Å². The summed E-state index contributed by atoms with van der Waals surface area (Å²) in [6, 6.07) is 23.0. The molecule has 0 atom stereocenters. The fourth-order valence-corrected chi connectivity index (χ4v) is 4.45. The van der Waals surface area contributed by atoms with Gasteiger partial charge in [0.1, 0.15) is 0 Å². The second-order valence-corrected chi connectivity index (χ2v) is 8.52. The average molecular weight is 399 g/mol. The summed E-state index contributed by atoms with van der Waals surface area (Å²) in [7, 11) is -3.75. The fourth-order valence-electron chi connectivity index (χ4n) is 2.38. The molecule has 0 aliphatic rings. The summed E-state index contributed by atoms with van der Waals surface area (Å²) in [6.45, 7) is 1.40. The van der Waals surface area contributed by atoms with Gasteiger partial charge in [0.2, 0.25) is 5.91 Å². The van der Waals surface area contributed by atoms with E-state index in [1.807, 2.05) is 42.5 Å². The molecule has 0 aliphatic heterocycles. The van der Waals surface area contributed by atoms with Crippen molar-refractivity contribution in [3.05, 3.63) is 78.9 Å². The number of para-hydroxylation sites is 1. The lowest BCUT2D eigenvalue weighted by Gasteiger charge is -2.13. The molecule has 0 spiro atoms. The summed E-state index contributed by atoms with van der Waals surface area (Å²) in [6.07, 6.45) is 0. The molecule has 0 heterocycles. The minimum absolute atomic E-state index is 0.121. The number of carbonyl (C=O) groups is 1. The van der Waals surface area contributed by atoms with Gasteiger partial charge in [0, 0.05) is 22.4 Å². The summed E-state index contributed by atoms with van der Waals surface area (Å²) >= 11 is 1.48. The van der Waals surface area contributed by atoms with Crippen molar-refractivity contribution in [1.82, 2.24) is 0 Å². The first-order chi connectivity index (χ1) is 12.9. The van der Waals surface area contributed by atoms with Crippen LogP contribution in [-0.2, 0) is 14.8 Å². The highest BCUT2D eigenvalue weighted by Gasteiger charge is 2.16. The average Bonchev–Trinajstić information content (AvgIpc) is 2.64. The molecule has 3 aromatic rings. The molecule has 138 valence electrons. The van der Waals surface area contributed by atoms with Crippen LogP contribution in [0.3, 0.4) is 0 Å². The van der Waals surface area contributed by atoms with Crippen molar-refractivity contribution in [3.8, 4) is 0 Å². The maximum absolute atomic E-state index is 12.7. The summed E-state index contributed by atoms with van der Waals surface area (Å²) < 4.78 is 28.1. The highest BCUT2D eigenvalue weighted by molar-refractivity contribution is 7.99. The normalized spacial score (nSPS) is 11.0. The molecule has 0 aromatic heterocycles. The van der Waals surface area contributed by atoms with E-state index in [0.29, 0.717) is 11.4 Å². The van der Waals surface area contributed by atoms with Crippen LogP contribution in [0.15, 0.2) is 93.5 Å². The zero-order chi connectivity index (χ0) is 19.3. The number of hydrogen-bond donors (Lipinski definition) is 2. The van der Waals surface area contributed by atoms with Gasteiger partial charge in [0.15, 0.2) is 0 Å². The molecule has 0 aliphatic carbocycles. The Kier molecular flexibility index (Phi) is 5.83. The molecule has 0 fully saturated rings. The van der Waals surface area contributed by atoms with Gasteiger partial charge in [-0.3, -0.25) is 9.52 Å². The van der Waals surface area contributed by atoms with Crippen LogP contribution < -0.4 is 10.0 Å². The van der Waals surface area contributed by atoms with Gasteiger partial charge in [-0.15, -0.1) is 0 Å². The molecular weight excluding hydrogens is 380 g/mol. The largest absolute Gasteiger partial charge is 0.326 e. The third-order valence-electron chi connectivity index (χ3n) is 3.59. The van der Waals surface area contributed by atoms with Crippen LogP contribution in [0.2, 0.25) is 0 Å². The molecule has 0 radical (unpaired) electrons. The Labute approximate surface area is 162 Å². The van der Waals surface area contributed by atoms with Crippen LogP contribution in [0.5, 0.6) is 0 Å². The third kappa shape index (κ3) is 5.12. The predicted octanol–water partition coefficient (Wildman–Crippen LogP) is 4.60. The lowest BCUT2D eigenvalue weighted by molar-refractivity contribution is -0.114. The first-order valence-electron chi connectivity index (χ1n) is 8.16. The van der Waals surface area contributed by atoms with Crippen LogP contribution in [0.4, 0.5) is 11.4 Å². The van der Waals surface area contributed by atoms with Gasteiger partial charge in [-0.05, 0) is 48.5 Å². The van der Waals surface area contributed by atoms with E-state index in [-0.39, 0.29) is 10.8 Å². The maximum atomic E-state index is 12.7. The standard InChI is InChI=1S/C20H18N2O3S2/c1-15(23)21-16-11-13-18(14-12-16)27(24,25)22-19-9-5-6-10-20(19)26-17-7-3-2-4-8-17/h2-14,22H,1H3,(H,21,23). The first kappa shape index (κ1) is 19.0. The number of benzene rings is 3. The van der Waals surface area contributed by atoms with Gasteiger partial charge in [0.05, 0.1) is 10.6 Å². The van der Waals surface area contributed by atoms with E-state index in [0.717, 1.165) is 9.79 Å². The summed E-state index contributed by atoms with van der Waals surface area (Å²) in [5.41, 5.74) is 1.05. The number of hydrogen-bond acceptors (Lipinski definition) is 4. The van der Waals surface area contributed by atoms with Gasteiger partial charge in [-0.2, -0.15) is 0 Å². The molecule has 3 aromatic carbocycles. The third-order valence-corrected chi connectivity index (χ3v) is 6.05. The van der Waals surface area contributed by atoms with Gasteiger partial charge in [-0.25, -0.2) is 8.42 Å². The van der Waals surface area contributed by atoms with Crippen molar-refractivity contribution in [2.45, 2.75) is 21.6 Å². The smallest absolute Gasteiger partial charge is 0.261 e. The molecule has 2 N–H and O–H groups in total. The summed E-state index contributed by atoms with van der Waals surface area (Å²) in [4.78, 5) is 13.0. The molecule has 0 unspecified atom stereocenters. The van der Waals surface area contributed by atoms with Gasteiger partial charge in [-0.1, -0.05) is 42.1 Å². The van der Waals surface area contributed by atoms with Crippen molar-refractivity contribution < 1.29 is 13.2 Å². The minimum Gasteiger partial charge on any atom is -0.326 e. The van der Waals surface area contributed by atoms with Crippen molar-refractivity contribution in [1.29, 1.82) is 0 Å². The second-order valence-electron chi connectivity index (χ2n) is 5.72. The SMILES string of the molecule is CC(=O)Nc1ccc(S(=O)(=O)Nc2ccccc2Sc2ccccc2)cc1. The summed E-state index contributed by atoms with van der Waals surface area (Å²) in [5.74, 6) is -0.212. The van der Waals surface area contributed by atoms with Crippen LogP contribution in [0, 0.1) is 0 Å². The maximum Gasteiger partial charge on any atom is 0.261 e. The lowest BCUT2D eigenvalue weighted by Crippen LogP contribution is -2.13. The Balaban J connectivity index is 1.83. The first-order valence-corrected chi connectivity index (χ1v) is 10.5. The zero-order valence-corrected chi connectivity index (χ0v) is 16.2. The molecule has 5 nitrogen and oxygen atoms in total. The number of anilines is 2. The van der Waals surface area contributed by atoms with E-state index < -0.39 is 10.0 Å². The highest BCUT2D eigenvalue weighted by Crippen LogP contribution is 2.34. The van der Waals surface area contributed by atoms with E-state index >= 15 is 0 Å².